The van der Waals surface area contributed by atoms with Crippen molar-refractivity contribution < 1.29 is 14.4 Å². The van der Waals surface area contributed by atoms with Gasteiger partial charge in [0.05, 0.1) is 4.88 Å². The second-order valence-electron chi connectivity index (χ2n) is 5.92. The molecule has 0 unspecified atom stereocenters. The van der Waals surface area contributed by atoms with E-state index in [2.05, 4.69) is 16.0 Å². The van der Waals surface area contributed by atoms with Crippen LogP contribution in [0.1, 0.15) is 30.4 Å². The average molecular weight is 359 g/mol. The zero-order chi connectivity index (χ0) is 18.4. The van der Waals surface area contributed by atoms with Crippen molar-refractivity contribution in [3.8, 4) is 0 Å². The molecule has 3 amide bonds. The molecule has 0 fully saturated rings. The van der Waals surface area contributed by atoms with Crippen molar-refractivity contribution in [3.05, 3.63) is 46.7 Å². The Hall–Kier alpha value is -2.67. The van der Waals surface area contributed by atoms with Crippen molar-refractivity contribution in [1.82, 2.24) is 5.32 Å². The first-order valence-electron chi connectivity index (χ1n) is 7.89. The normalized spacial score (nSPS) is 11.7. The van der Waals surface area contributed by atoms with E-state index >= 15 is 0 Å². The number of amides is 3. The van der Waals surface area contributed by atoms with E-state index in [9.17, 15) is 14.4 Å². The molecule has 0 aliphatic rings. The van der Waals surface area contributed by atoms with Crippen molar-refractivity contribution in [2.45, 2.75) is 26.8 Å². The van der Waals surface area contributed by atoms with E-state index < -0.39 is 6.04 Å². The lowest BCUT2D eigenvalue weighted by molar-refractivity contribution is -0.119. The number of thiophene rings is 1. The molecule has 0 spiro atoms. The van der Waals surface area contributed by atoms with E-state index in [-0.39, 0.29) is 23.6 Å². The first kappa shape index (κ1) is 18.7. The van der Waals surface area contributed by atoms with E-state index in [1.165, 1.54) is 18.3 Å². The Balaban J connectivity index is 2.02. The van der Waals surface area contributed by atoms with Gasteiger partial charge in [-0.25, -0.2) is 0 Å². The van der Waals surface area contributed by atoms with Gasteiger partial charge in [-0.2, -0.15) is 0 Å². The maximum atomic E-state index is 12.5. The molecular formula is C18H21N3O3S. The molecule has 1 atom stereocenters. The number of carbonyl (C=O) groups is 3. The largest absolute Gasteiger partial charge is 0.339 e. The minimum atomic E-state index is -0.648. The van der Waals surface area contributed by atoms with Crippen molar-refractivity contribution in [1.29, 1.82) is 0 Å². The van der Waals surface area contributed by atoms with Crippen LogP contribution in [0.2, 0.25) is 0 Å². The highest BCUT2D eigenvalue weighted by atomic mass is 32.1. The Kier molecular flexibility index (Phi) is 6.30. The minimum absolute atomic E-state index is 0.0671. The molecule has 2 aromatic rings. The summed E-state index contributed by atoms with van der Waals surface area (Å²) in [5.41, 5.74) is 1.24. The van der Waals surface area contributed by atoms with Gasteiger partial charge in [0, 0.05) is 18.3 Å². The second-order valence-corrected chi connectivity index (χ2v) is 6.87. The van der Waals surface area contributed by atoms with Crippen molar-refractivity contribution in [2.75, 3.05) is 10.6 Å². The maximum Gasteiger partial charge on any atom is 0.262 e. The van der Waals surface area contributed by atoms with E-state index in [0.29, 0.717) is 16.3 Å². The zero-order valence-electron chi connectivity index (χ0n) is 14.3. The molecule has 0 aliphatic heterocycles. The topological polar surface area (TPSA) is 87.3 Å². The van der Waals surface area contributed by atoms with Crippen LogP contribution in [0, 0.1) is 5.92 Å². The minimum Gasteiger partial charge on any atom is -0.339 e. The van der Waals surface area contributed by atoms with Crippen LogP contribution >= 0.6 is 11.3 Å². The quantitative estimate of drug-likeness (QED) is 0.741. The summed E-state index contributed by atoms with van der Waals surface area (Å²) < 4.78 is 0. The van der Waals surface area contributed by atoms with Crippen LogP contribution in [0.25, 0.3) is 0 Å². The third-order valence-electron chi connectivity index (χ3n) is 3.45. The fourth-order valence-electron chi connectivity index (χ4n) is 2.22. The fourth-order valence-corrected chi connectivity index (χ4v) is 2.84. The number of anilines is 2. The Labute approximate surface area is 150 Å². The maximum absolute atomic E-state index is 12.5. The summed E-state index contributed by atoms with van der Waals surface area (Å²) in [5, 5.41) is 10.0. The SMILES string of the molecule is CC(=O)Nc1ccc(NC(=O)[C@@H](NC(=O)c2cccs2)C(C)C)cc1. The molecule has 1 heterocycles. The first-order chi connectivity index (χ1) is 11.9. The summed E-state index contributed by atoms with van der Waals surface area (Å²) in [6.45, 7) is 5.18. The zero-order valence-corrected chi connectivity index (χ0v) is 15.1. The molecule has 1 aromatic heterocycles. The number of rotatable bonds is 6. The summed E-state index contributed by atoms with van der Waals surface area (Å²) in [7, 11) is 0. The van der Waals surface area contributed by atoms with Gasteiger partial charge in [-0.3, -0.25) is 14.4 Å². The van der Waals surface area contributed by atoms with E-state index in [1.54, 1.807) is 36.4 Å². The molecule has 25 heavy (non-hydrogen) atoms. The number of hydrogen-bond acceptors (Lipinski definition) is 4. The molecular weight excluding hydrogens is 338 g/mol. The highest BCUT2D eigenvalue weighted by Crippen LogP contribution is 2.15. The molecule has 132 valence electrons. The smallest absolute Gasteiger partial charge is 0.262 e. The number of nitrogens with one attached hydrogen (secondary N) is 3. The van der Waals surface area contributed by atoms with Gasteiger partial charge in [0.15, 0.2) is 0 Å². The molecule has 1 aromatic carbocycles. The summed E-state index contributed by atoms with van der Waals surface area (Å²) in [5.74, 6) is -0.771. The Bertz CT molecular complexity index is 739. The van der Waals surface area contributed by atoms with Gasteiger partial charge in [0.1, 0.15) is 6.04 Å². The lowest BCUT2D eigenvalue weighted by atomic mass is 10.0. The Morgan fingerprint density at radius 2 is 1.56 bits per heavy atom. The molecule has 0 saturated carbocycles. The van der Waals surface area contributed by atoms with Gasteiger partial charge in [-0.1, -0.05) is 19.9 Å². The first-order valence-corrected chi connectivity index (χ1v) is 8.77. The number of carbonyl (C=O) groups excluding carboxylic acids is 3. The van der Waals surface area contributed by atoms with Crippen LogP contribution in [-0.2, 0) is 9.59 Å². The summed E-state index contributed by atoms with van der Waals surface area (Å²) in [6, 6.07) is 9.65. The van der Waals surface area contributed by atoms with Crippen molar-refractivity contribution in [2.24, 2.45) is 5.92 Å². The molecule has 0 bridgehead atoms. The van der Waals surface area contributed by atoms with Gasteiger partial charge < -0.3 is 16.0 Å². The molecule has 6 nitrogen and oxygen atoms in total. The molecule has 0 saturated heterocycles. The predicted molar refractivity (Wildman–Crippen MR) is 99.8 cm³/mol. The fraction of sp³-hybridized carbons (Fsp3) is 0.278. The second kappa shape index (κ2) is 8.43. The lowest BCUT2D eigenvalue weighted by Gasteiger charge is -2.21. The highest BCUT2D eigenvalue weighted by Gasteiger charge is 2.25. The summed E-state index contributed by atoms with van der Waals surface area (Å²) >= 11 is 1.33. The monoisotopic (exact) mass is 359 g/mol. The lowest BCUT2D eigenvalue weighted by Crippen LogP contribution is -2.46. The van der Waals surface area contributed by atoms with Gasteiger partial charge >= 0.3 is 0 Å². The van der Waals surface area contributed by atoms with Gasteiger partial charge in [0.25, 0.3) is 5.91 Å². The average Bonchev–Trinajstić information content (AvgIpc) is 3.08. The summed E-state index contributed by atoms with van der Waals surface area (Å²) in [6.07, 6.45) is 0. The molecule has 0 radical (unpaired) electrons. The third-order valence-corrected chi connectivity index (χ3v) is 4.32. The van der Waals surface area contributed by atoms with Gasteiger partial charge in [-0.15, -0.1) is 11.3 Å². The third kappa shape index (κ3) is 5.42. The number of benzene rings is 1. The molecule has 2 rings (SSSR count). The van der Waals surface area contributed by atoms with Crippen LogP contribution in [0.5, 0.6) is 0 Å². The van der Waals surface area contributed by atoms with Crippen LogP contribution in [0.3, 0.4) is 0 Å². The van der Waals surface area contributed by atoms with Gasteiger partial charge in [-0.05, 0) is 41.6 Å². The van der Waals surface area contributed by atoms with Crippen LogP contribution in [-0.4, -0.2) is 23.8 Å². The van der Waals surface area contributed by atoms with Crippen LogP contribution in [0.15, 0.2) is 41.8 Å². The van der Waals surface area contributed by atoms with Crippen molar-refractivity contribution >= 4 is 40.4 Å². The predicted octanol–water partition coefficient (Wildman–Crippen LogP) is 3.10. The Morgan fingerprint density at radius 3 is 2.04 bits per heavy atom. The van der Waals surface area contributed by atoms with E-state index in [4.69, 9.17) is 0 Å². The van der Waals surface area contributed by atoms with Crippen molar-refractivity contribution in [3.63, 3.8) is 0 Å². The highest BCUT2D eigenvalue weighted by molar-refractivity contribution is 7.12. The molecule has 0 aliphatic carbocycles. The standard InChI is InChI=1S/C18H21N3O3S/c1-11(2)16(21-17(23)15-5-4-10-25-15)18(24)20-14-8-6-13(7-9-14)19-12(3)22/h4-11,16H,1-3H3,(H,19,22)(H,20,24)(H,21,23)/t16-/m0/s1. The van der Waals surface area contributed by atoms with Crippen LogP contribution in [0.4, 0.5) is 11.4 Å². The van der Waals surface area contributed by atoms with E-state index in [1.807, 2.05) is 19.2 Å². The number of hydrogen-bond donors (Lipinski definition) is 3. The molecule has 3 N–H and O–H groups in total. The van der Waals surface area contributed by atoms with Gasteiger partial charge in [0.2, 0.25) is 11.8 Å². The molecule has 7 heteroatoms. The van der Waals surface area contributed by atoms with Crippen LogP contribution < -0.4 is 16.0 Å². The summed E-state index contributed by atoms with van der Waals surface area (Å²) in [4.78, 5) is 36.3. The van der Waals surface area contributed by atoms with E-state index in [0.717, 1.165) is 0 Å². The Morgan fingerprint density at radius 1 is 0.960 bits per heavy atom.